The first kappa shape index (κ1) is 23.9. The van der Waals surface area contributed by atoms with E-state index in [1.165, 1.54) is 6.07 Å². The Morgan fingerprint density at radius 3 is 2.50 bits per heavy atom. The number of imidazole rings is 1. The lowest BCUT2D eigenvalue weighted by atomic mass is 10.1. The third-order valence-electron chi connectivity index (χ3n) is 5.87. The van der Waals surface area contributed by atoms with Crippen molar-refractivity contribution in [2.75, 3.05) is 18.1 Å². The molecule has 0 saturated carbocycles. The van der Waals surface area contributed by atoms with E-state index >= 15 is 0 Å². The summed E-state index contributed by atoms with van der Waals surface area (Å²) in [5, 5.41) is 9.92. The van der Waals surface area contributed by atoms with Gasteiger partial charge in [0.25, 0.3) is 0 Å². The van der Waals surface area contributed by atoms with Gasteiger partial charge in [0.1, 0.15) is 23.8 Å². The van der Waals surface area contributed by atoms with E-state index in [1.54, 1.807) is 29.3 Å². The van der Waals surface area contributed by atoms with E-state index in [4.69, 9.17) is 4.74 Å². The minimum Gasteiger partial charge on any atom is -0.488 e. The van der Waals surface area contributed by atoms with Crippen molar-refractivity contribution in [1.82, 2.24) is 15.0 Å². The van der Waals surface area contributed by atoms with Crippen molar-refractivity contribution < 1.29 is 36.2 Å². The maximum atomic E-state index is 13.6. The number of aliphatic hydroxyl groups excluding tert-OH is 1. The monoisotopic (exact) mass is 508 g/mol. The van der Waals surface area contributed by atoms with Gasteiger partial charge in [0.15, 0.2) is 5.75 Å². The van der Waals surface area contributed by atoms with Crippen LogP contribution in [0.1, 0.15) is 16.7 Å². The van der Waals surface area contributed by atoms with E-state index in [-0.39, 0.29) is 36.4 Å². The second kappa shape index (κ2) is 8.40. The van der Waals surface area contributed by atoms with Gasteiger partial charge in [-0.1, -0.05) is 12.1 Å². The zero-order chi connectivity index (χ0) is 25.8. The Morgan fingerprint density at radius 2 is 1.86 bits per heavy atom. The van der Waals surface area contributed by atoms with Crippen molar-refractivity contribution in [3.63, 3.8) is 0 Å². The number of aromatic amines is 1. The predicted octanol–water partition coefficient (Wildman–Crippen LogP) is 5.86. The number of benzene rings is 2. The summed E-state index contributed by atoms with van der Waals surface area (Å²) in [5.41, 5.74) is -2.34. The van der Waals surface area contributed by atoms with Crippen LogP contribution in [0.5, 0.6) is 5.75 Å². The highest BCUT2D eigenvalue weighted by Crippen LogP contribution is 2.45. The number of anilines is 2. The van der Waals surface area contributed by atoms with Gasteiger partial charge in [-0.05, 0) is 42.8 Å². The normalized spacial score (nSPS) is 16.2. The Balaban J connectivity index is 1.68. The van der Waals surface area contributed by atoms with Gasteiger partial charge in [0.2, 0.25) is 0 Å². The van der Waals surface area contributed by atoms with Crippen LogP contribution in [0.25, 0.3) is 22.4 Å². The van der Waals surface area contributed by atoms with Gasteiger partial charge in [0, 0.05) is 6.20 Å². The highest BCUT2D eigenvalue weighted by molar-refractivity contribution is 5.87. The van der Waals surface area contributed by atoms with Crippen molar-refractivity contribution in [3.8, 4) is 17.1 Å². The Labute approximate surface area is 200 Å². The Kier molecular flexibility index (Phi) is 5.58. The van der Waals surface area contributed by atoms with Gasteiger partial charge in [0.05, 0.1) is 40.5 Å². The average molecular weight is 508 g/mol. The molecule has 0 saturated heterocycles. The molecule has 0 bridgehead atoms. The molecule has 3 heterocycles. The summed E-state index contributed by atoms with van der Waals surface area (Å²) in [6.07, 6.45) is -8.38. The number of nitrogens with zero attached hydrogens (tertiary/aromatic N) is 3. The highest BCUT2D eigenvalue weighted by atomic mass is 19.4. The molecule has 0 unspecified atom stereocenters. The van der Waals surface area contributed by atoms with Crippen LogP contribution in [0.15, 0.2) is 48.7 Å². The smallest absolute Gasteiger partial charge is 0.418 e. The molecule has 6 nitrogen and oxygen atoms in total. The van der Waals surface area contributed by atoms with Crippen LogP contribution in [0.2, 0.25) is 0 Å². The van der Waals surface area contributed by atoms with Crippen LogP contribution in [-0.2, 0) is 12.4 Å². The summed E-state index contributed by atoms with van der Waals surface area (Å²) in [4.78, 5) is 12.8. The molecule has 12 heteroatoms. The molecule has 1 aliphatic rings. The number of hydrogen-bond donors (Lipinski definition) is 2. The number of para-hydroxylation sites is 1. The van der Waals surface area contributed by atoms with Gasteiger partial charge in [-0.2, -0.15) is 26.3 Å². The molecule has 0 spiro atoms. The molecule has 2 aromatic carbocycles. The molecule has 2 N–H and O–H groups in total. The van der Waals surface area contributed by atoms with E-state index < -0.39 is 40.6 Å². The summed E-state index contributed by atoms with van der Waals surface area (Å²) in [6, 6.07) is 8.59. The maximum Gasteiger partial charge on any atom is 0.418 e. The van der Waals surface area contributed by atoms with Crippen LogP contribution in [-0.4, -0.2) is 39.3 Å². The Hall–Kier alpha value is -3.80. The van der Waals surface area contributed by atoms with E-state index in [0.717, 1.165) is 5.56 Å². The zero-order valence-corrected chi connectivity index (χ0v) is 18.6. The molecule has 0 aliphatic carbocycles. The first-order chi connectivity index (χ1) is 17.0. The molecule has 0 amide bonds. The first-order valence-electron chi connectivity index (χ1n) is 10.7. The largest absolute Gasteiger partial charge is 0.488 e. The van der Waals surface area contributed by atoms with Crippen molar-refractivity contribution in [2.45, 2.75) is 25.3 Å². The number of halogens is 6. The van der Waals surface area contributed by atoms with Gasteiger partial charge in [-0.15, -0.1) is 0 Å². The number of alkyl halides is 6. The topological polar surface area (TPSA) is 74.3 Å². The van der Waals surface area contributed by atoms with Crippen LogP contribution in [0, 0.1) is 6.92 Å². The van der Waals surface area contributed by atoms with E-state index in [9.17, 15) is 31.4 Å². The number of hydrogen-bond acceptors (Lipinski definition) is 5. The van der Waals surface area contributed by atoms with Crippen molar-refractivity contribution in [3.05, 3.63) is 65.4 Å². The third kappa shape index (κ3) is 4.11. The molecule has 0 radical (unpaired) electrons. The molecule has 0 fully saturated rings. The molecule has 36 heavy (non-hydrogen) atoms. The lowest BCUT2D eigenvalue weighted by Crippen LogP contribution is -2.43. The quantitative estimate of drug-likeness (QED) is 0.339. The summed E-state index contributed by atoms with van der Waals surface area (Å²) >= 11 is 0. The van der Waals surface area contributed by atoms with Gasteiger partial charge >= 0.3 is 12.4 Å². The molecular formula is C24H18F6N4O2. The zero-order valence-electron chi connectivity index (χ0n) is 18.6. The van der Waals surface area contributed by atoms with E-state index in [2.05, 4.69) is 15.0 Å². The fraction of sp³-hybridized carbons (Fsp3) is 0.250. The van der Waals surface area contributed by atoms with Crippen molar-refractivity contribution in [1.29, 1.82) is 0 Å². The Bertz CT molecular complexity index is 1430. The molecule has 1 aliphatic heterocycles. The number of aromatic nitrogens is 3. The fourth-order valence-corrected chi connectivity index (χ4v) is 4.18. The van der Waals surface area contributed by atoms with Crippen LogP contribution >= 0.6 is 0 Å². The summed E-state index contributed by atoms with van der Waals surface area (Å²) in [5.74, 6) is 0.666. The SMILES string of the molecule is Cc1ccc(N2c3cccc(-c4nc5c(C(F)(F)F)cc(C(F)(F)F)cc5[nH]4)c3OC[C@@H]2CO)nc1. The predicted molar refractivity (Wildman–Crippen MR) is 119 cm³/mol. The van der Waals surface area contributed by atoms with Crippen molar-refractivity contribution >= 4 is 22.5 Å². The van der Waals surface area contributed by atoms with Gasteiger partial charge in [-0.3, -0.25) is 0 Å². The van der Waals surface area contributed by atoms with Crippen LogP contribution < -0.4 is 9.64 Å². The summed E-state index contributed by atoms with van der Waals surface area (Å²) in [7, 11) is 0. The third-order valence-corrected chi connectivity index (χ3v) is 5.87. The fourth-order valence-electron chi connectivity index (χ4n) is 4.18. The molecule has 4 aromatic rings. The second-order valence-electron chi connectivity index (χ2n) is 8.37. The minimum atomic E-state index is -5.05. The number of ether oxygens (including phenoxy) is 1. The molecule has 1 atom stereocenters. The first-order valence-corrected chi connectivity index (χ1v) is 10.7. The number of aryl methyl sites for hydroxylation is 1. The molecule has 5 rings (SSSR count). The van der Waals surface area contributed by atoms with E-state index in [0.29, 0.717) is 17.6 Å². The number of fused-ring (bicyclic) bond motifs is 2. The summed E-state index contributed by atoms with van der Waals surface area (Å²) in [6.45, 7) is 1.63. The molecule has 188 valence electrons. The number of aliphatic hydroxyl groups is 1. The summed E-state index contributed by atoms with van der Waals surface area (Å²) < 4.78 is 86.6. The number of rotatable bonds is 3. The maximum absolute atomic E-state index is 13.6. The standard InChI is InChI=1S/C24H18F6N4O2/c1-12-5-6-19(31-9-12)34-14(10-35)11-36-21-15(3-2-4-18(21)34)22-32-17-8-13(23(25,26)27)7-16(20(17)33-22)24(28,29)30/h2-9,14,35H,10-11H2,1H3,(H,32,33)/t14-/m0/s1. The van der Waals surface area contributed by atoms with Gasteiger partial charge < -0.3 is 19.7 Å². The van der Waals surface area contributed by atoms with Crippen molar-refractivity contribution in [2.24, 2.45) is 0 Å². The number of H-pyrrole nitrogens is 1. The average Bonchev–Trinajstić information content (AvgIpc) is 3.25. The Morgan fingerprint density at radius 1 is 1.08 bits per heavy atom. The molecule has 2 aromatic heterocycles. The van der Waals surface area contributed by atoms with Crippen LogP contribution in [0.4, 0.5) is 37.8 Å². The number of pyridine rings is 1. The molecular weight excluding hydrogens is 490 g/mol. The lowest BCUT2D eigenvalue weighted by molar-refractivity contribution is -0.142. The van der Waals surface area contributed by atoms with E-state index in [1.807, 2.05) is 13.0 Å². The van der Waals surface area contributed by atoms with Gasteiger partial charge in [-0.25, -0.2) is 9.97 Å². The highest BCUT2D eigenvalue weighted by Gasteiger charge is 2.39. The van der Waals surface area contributed by atoms with Crippen LogP contribution in [0.3, 0.4) is 0 Å². The minimum absolute atomic E-state index is 0.0301. The lowest BCUT2D eigenvalue weighted by Gasteiger charge is -2.37. The number of nitrogens with one attached hydrogen (secondary N) is 1. The second-order valence-corrected chi connectivity index (χ2v) is 8.37.